The van der Waals surface area contributed by atoms with Gasteiger partial charge in [-0.1, -0.05) is 11.6 Å². The summed E-state index contributed by atoms with van der Waals surface area (Å²) in [5.74, 6) is 0.00175. The predicted molar refractivity (Wildman–Crippen MR) is 144 cm³/mol. The van der Waals surface area contributed by atoms with E-state index in [-0.39, 0.29) is 12.1 Å². The van der Waals surface area contributed by atoms with Gasteiger partial charge in [-0.15, -0.1) is 0 Å². The van der Waals surface area contributed by atoms with Crippen LogP contribution >= 0.6 is 11.6 Å². The molecule has 0 aliphatic carbocycles. The molecule has 1 saturated heterocycles. The molecule has 0 saturated carbocycles. The number of aromatic nitrogens is 3. The first-order valence-electron chi connectivity index (χ1n) is 12.4. The molecular formula is C28H29ClN4O5. The summed E-state index contributed by atoms with van der Waals surface area (Å²) < 4.78 is 20.4. The van der Waals surface area contributed by atoms with E-state index in [1.165, 1.54) is 6.92 Å². The summed E-state index contributed by atoms with van der Waals surface area (Å²) in [6.45, 7) is 2.44. The monoisotopic (exact) mass is 536 g/mol. The van der Waals surface area contributed by atoms with Crippen LogP contribution in [0.4, 0.5) is 5.69 Å². The lowest BCUT2D eigenvalue weighted by molar-refractivity contribution is -0.168. The summed E-state index contributed by atoms with van der Waals surface area (Å²) in [5.41, 5.74) is 4.04. The van der Waals surface area contributed by atoms with E-state index in [4.69, 9.17) is 25.8 Å². The van der Waals surface area contributed by atoms with Crippen LogP contribution in [0.2, 0.25) is 5.02 Å². The minimum absolute atomic E-state index is 0.162. The molecule has 1 aliphatic rings. The molecule has 10 heteroatoms. The largest absolute Gasteiger partial charge is 0.497 e. The molecule has 4 heterocycles. The van der Waals surface area contributed by atoms with Gasteiger partial charge in [-0.2, -0.15) is 5.10 Å². The minimum Gasteiger partial charge on any atom is -0.497 e. The summed E-state index contributed by atoms with van der Waals surface area (Å²) in [4.78, 5) is 25.9. The number of nitrogens with zero attached hydrogens (tertiary/aromatic N) is 3. The van der Waals surface area contributed by atoms with Crippen LogP contribution in [0.25, 0.3) is 16.6 Å². The number of ether oxygens (including phenoxy) is 3. The van der Waals surface area contributed by atoms with Crippen LogP contribution in [0, 0.1) is 0 Å². The maximum Gasteiger partial charge on any atom is 0.257 e. The fourth-order valence-electron chi connectivity index (χ4n) is 4.61. The highest BCUT2D eigenvalue weighted by Crippen LogP contribution is 2.36. The second-order valence-corrected chi connectivity index (χ2v) is 9.67. The second kappa shape index (κ2) is 11.0. The molecule has 1 fully saturated rings. The molecule has 1 aromatic carbocycles. The highest BCUT2D eigenvalue weighted by atomic mass is 35.5. The molecule has 198 valence electrons. The van der Waals surface area contributed by atoms with Crippen molar-refractivity contribution in [3.8, 4) is 16.9 Å². The van der Waals surface area contributed by atoms with Crippen LogP contribution in [0.3, 0.4) is 0 Å². The van der Waals surface area contributed by atoms with Crippen LogP contribution in [0.1, 0.15) is 52.6 Å². The van der Waals surface area contributed by atoms with Crippen molar-refractivity contribution >= 4 is 34.5 Å². The van der Waals surface area contributed by atoms with Crippen molar-refractivity contribution in [2.75, 3.05) is 19.0 Å². The van der Waals surface area contributed by atoms with Crippen LogP contribution in [-0.4, -0.2) is 45.9 Å². The van der Waals surface area contributed by atoms with E-state index >= 15 is 0 Å². The van der Waals surface area contributed by atoms with Crippen molar-refractivity contribution in [2.24, 2.45) is 7.05 Å². The van der Waals surface area contributed by atoms with Gasteiger partial charge in [-0.25, -0.2) is 0 Å². The molecule has 5 rings (SSSR count). The fraction of sp³-hybridized carbons (Fsp3) is 0.321. The fourth-order valence-corrected chi connectivity index (χ4v) is 4.87. The lowest BCUT2D eigenvalue weighted by Gasteiger charge is -2.23. The standard InChI is InChI=1S/C28H29ClN4O5/c1-17(34)24-13-22(25-12-20(36-3)7-8-33(24)25)28(35)31-23-11-18(16-38-26-6-4-5-9-37-26)10-21(27(23)29)19-14-30-32(2)15-19/h7-8,10-15,26H,4-6,9,16H2,1-3H3,(H,31,35). The molecule has 0 spiro atoms. The quantitative estimate of drug-likeness (QED) is 0.299. The second-order valence-electron chi connectivity index (χ2n) is 9.29. The van der Waals surface area contributed by atoms with E-state index in [0.29, 0.717) is 52.0 Å². The van der Waals surface area contributed by atoms with E-state index < -0.39 is 5.91 Å². The summed E-state index contributed by atoms with van der Waals surface area (Å²) in [6, 6.07) is 8.77. The van der Waals surface area contributed by atoms with Gasteiger partial charge < -0.3 is 23.9 Å². The molecule has 3 aromatic heterocycles. The molecule has 1 unspecified atom stereocenters. The first kappa shape index (κ1) is 26.0. The van der Waals surface area contributed by atoms with Gasteiger partial charge in [0.2, 0.25) is 0 Å². The van der Waals surface area contributed by atoms with Gasteiger partial charge in [-0.3, -0.25) is 14.3 Å². The SMILES string of the molecule is COc1ccn2c(C(C)=O)cc(C(=O)Nc3cc(COC4CCCCO4)cc(-c4cnn(C)c4)c3Cl)c2c1. The third-order valence-corrected chi connectivity index (χ3v) is 6.96. The number of hydrogen-bond acceptors (Lipinski definition) is 6. The number of carbonyl (C=O) groups is 2. The normalized spacial score (nSPS) is 15.5. The Morgan fingerprint density at radius 2 is 2.08 bits per heavy atom. The van der Waals surface area contributed by atoms with Crippen LogP contribution in [-0.2, 0) is 23.1 Å². The molecule has 1 N–H and O–H groups in total. The van der Waals surface area contributed by atoms with E-state index in [1.807, 2.05) is 19.3 Å². The van der Waals surface area contributed by atoms with Crippen LogP contribution < -0.4 is 10.1 Å². The van der Waals surface area contributed by atoms with Crippen molar-refractivity contribution in [3.63, 3.8) is 0 Å². The van der Waals surface area contributed by atoms with Gasteiger partial charge in [0.25, 0.3) is 5.91 Å². The number of methoxy groups -OCH3 is 1. The van der Waals surface area contributed by atoms with Crippen LogP contribution in [0.5, 0.6) is 5.75 Å². The Hall–Kier alpha value is -3.66. The molecule has 1 atom stereocenters. The molecule has 1 aliphatic heterocycles. The predicted octanol–water partition coefficient (Wildman–Crippen LogP) is 5.50. The summed E-state index contributed by atoms with van der Waals surface area (Å²) in [6.07, 6.45) is 7.96. The number of hydrogen-bond donors (Lipinski definition) is 1. The van der Waals surface area contributed by atoms with Gasteiger partial charge in [0.1, 0.15) is 5.75 Å². The number of ketones is 1. The number of rotatable bonds is 8. The van der Waals surface area contributed by atoms with E-state index in [9.17, 15) is 9.59 Å². The summed E-state index contributed by atoms with van der Waals surface area (Å²) in [7, 11) is 3.37. The number of amides is 1. The summed E-state index contributed by atoms with van der Waals surface area (Å²) >= 11 is 6.83. The molecule has 1 amide bonds. The van der Waals surface area contributed by atoms with Crippen molar-refractivity contribution in [3.05, 3.63) is 70.8 Å². The Kier molecular flexibility index (Phi) is 7.51. The number of anilines is 1. The van der Waals surface area contributed by atoms with Gasteiger partial charge >= 0.3 is 0 Å². The third-order valence-electron chi connectivity index (χ3n) is 6.55. The van der Waals surface area contributed by atoms with Crippen molar-refractivity contribution in [2.45, 2.75) is 39.1 Å². The van der Waals surface area contributed by atoms with Gasteiger partial charge in [-0.05, 0) is 49.1 Å². The zero-order valence-corrected chi connectivity index (χ0v) is 22.2. The molecule has 0 radical (unpaired) electrons. The maximum atomic E-state index is 13.6. The van der Waals surface area contributed by atoms with E-state index in [2.05, 4.69) is 10.4 Å². The first-order valence-corrected chi connectivity index (χ1v) is 12.8. The number of halogens is 1. The van der Waals surface area contributed by atoms with Gasteiger partial charge in [0.05, 0.1) is 47.4 Å². The number of Topliss-reactive ketones (excluding diaryl/α,β-unsaturated/α-hetero) is 1. The molecular weight excluding hydrogens is 508 g/mol. The Morgan fingerprint density at radius 3 is 2.76 bits per heavy atom. The van der Waals surface area contributed by atoms with Crippen LogP contribution in [0.15, 0.2) is 48.9 Å². The third kappa shape index (κ3) is 5.31. The number of benzene rings is 1. The Bertz CT molecular complexity index is 1500. The Morgan fingerprint density at radius 1 is 1.24 bits per heavy atom. The molecule has 0 bridgehead atoms. The zero-order valence-electron chi connectivity index (χ0n) is 21.5. The molecule has 4 aromatic rings. The smallest absolute Gasteiger partial charge is 0.257 e. The zero-order chi connectivity index (χ0) is 26.8. The highest BCUT2D eigenvalue weighted by Gasteiger charge is 2.21. The average molecular weight is 537 g/mol. The summed E-state index contributed by atoms with van der Waals surface area (Å²) in [5, 5.41) is 7.59. The average Bonchev–Trinajstić information content (AvgIpc) is 3.53. The van der Waals surface area contributed by atoms with Crippen molar-refractivity contribution in [1.29, 1.82) is 0 Å². The first-order chi connectivity index (χ1) is 18.3. The lowest BCUT2D eigenvalue weighted by atomic mass is 10.0. The molecule has 9 nitrogen and oxygen atoms in total. The topological polar surface area (TPSA) is 96.1 Å². The Balaban J connectivity index is 1.51. The van der Waals surface area contributed by atoms with Crippen molar-refractivity contribution in [1.82, 2.24) is 14.2 Å². The number of carbonyl (C=O) groups excluding carboxylic acids is 2. The number of fused-ring (bicyclic) bond motifs is 1. The van der Waals surface area contributed by atoms with E-state index in [0.717, 1.165) is 30.4 Å². The number of nitrogens with one attached hydrogen (secondary N) is 1. The van der Waals surface area contributed by atoms with Gasteiger partial charge in [0.15, 0.2) is 12.1 Å². The van der Waals surface area contributed by atoms with E-state index in [1.54, 1.807) is 52.9 Å². The highest BCUT2D eigenvalue weighted by molar-refractivity contribution is 6.36. The number of pyridine rings is 1. The number of aryl methyl sites for hydroxylation is 1. The van der Waals surface area contributed by atoms with Gasteiger partial charge in [0, 0.05) is 50.2 Å². The Labute approximate surface area is 225 Å². The molecule has 38 heavy (non-hydrogen) atoms. The lowest BCUT2D eigenvalue weighted by Crippen LogP contribution is -2.22. The van der Waals surface area contributed by atoms with Crippen molar-refractivity contribution < 1.29 is 23.8 Å². The maximum absolute atomic E-state index is 13.6. The minimum atomic E-state index is -0.407.